The number of halogens is 1. The van der Waals surface area contributed by atoms with E-state index < -0.39 is 10.7 Å². The molecule has 0 saturated carbocycles. The Hall–Kier alpha value is -3.16. The number of anilines is 1. The molecule has 0 heterocycles. The highest BCUT2D eigenvalue weighted by molar-refractivity contribution is 5.76. The Kier molecular flexibility index (Phi) is 6.90. The van der Waals surface area contributed by atoms with Crippen LogP contribution in [0.5, 0.6) is 5.75 Å². The monoisotopic (exact) mass is 361 g/mol. The maximum Gasteiger partial charge on any atom is 0.269 e. The summed E-state index contributed by atoms with van der Waals surface area (Å²) in [4.78, 5) is 21.9. The third kappa shape index (κ3) is 5.73. The molecule has 0 bridgehead atoms. The number of hydrogen-bond donors (Lipinski definition) is 2. The Balaban J connectivity index is 1.67. The number of carbonyl (C=O) groups is 1. The number of ether oxygens (including phenoxy) is 1. The number of hydrogen-bond acceptors (Lipinski definition) is 5. The first kappa shape index (κ1) is 19.2. The van der Waals surface area contributed by atoms with Gasteiger partial charge in [0.1, 0.15) is 0 Å². The second-order valence-electron chi connectivity index (χ2n) is 5.55. The van der Waals surface area contributed by atoms with E-state index in [1.807, 2.05) is 0 Å². The molecule has 2 aromatic rings. The van der Waals surface area contributed by atoms with Gasteiger partial charge in [0.2, 0.25) is 5.91 Å². The Bertz CT molecular complexity index is 766. The van der Waals surface area contributed by atoms with E-state index in [9.17, 15) is 19.3 Å². The molecule has 2 N–H and O–H groups in total. The second-order valence-corrected chi connectivity index (χ2v) is 5.55. The molecule has 0 spiro atoms. The zero-order valence-electron chi connectivity index (χ0n) is 14.3. The van der Waals surface area contributed by atoms with Crippen molar-refractivity contribution < 1.29 is 18.8 Å². The zero-order chi connectivity index (χ0) is 18.9. The van der Waals surface area contributed by atoms with Crippen LogP contribution in [-0.4, -0.2) is 31.0 Å². The van der Waals surface area contributed by atoms with Gasteiger partial charge in [-0.1, -0.05) is 6.07 Å². The fourth-order valence-electron chi connectivity index (χ4n) is 2.32. The fourth-order valence-corrected chi connectivity index (χ4v) is 2.32. The van der Waals surface area contributed by atoms with Crippen LogP contribution in [0.1, 0.15) is 12.0 Å². The van der Waals surface area contributed by atoms with Gasteiger partial charge in [-0.2, -0.15) is 0 Å². The van der Waals surface area contributed by atoms with Crippen LogP contribution in [0.4, 0.5) is 15.8 Å². The molecule has 0 fully saturated rings. The van der Waals surface area contributed by atoms with E-state index >= 15 is 0 Å². The highest BCUT2D eigenvalue weighted by atomic mass is 19.1. The van der Waals surface area contributed by atoms with E-state index in [1.54, 1.807) is 18.2 Å². The van der Waals surface area contributed by atoms with E-state index in [4.69, 9.17) is 4.74 Å². The smallest absolute Gasteiger partial charge is 0.269 e. The van der Waals surface area contributed by atoms with Crippen LogP contribution < -0.4 is 15.4 Å². The third-order valence-electron chi connectivity index (χ3n) is 3.71. The SMILES string of the molecule is COc1ccc(CCC(=O)NCCNc2ccc([N+](=O)[O-])cc2)cc1F. The van der Waals surface area contributed by atoms with Gasteiger partial charge in [-0.15, -0.1) is 0 Å². The van der Waals surface area contributed by atoms with Gasteiger partial charge in [0.05, 0.1) is 12.0 Å². The Morgan fingerprint density at radius 3 is 2.54 bits per heavy atom. The normalized spacial score (nSPS) is 10.2. The summed E-state index contributed by atoms with van der Waals surface area (Å²) in [6, 6.07) is 10.7. The van der Waals surface area contributed by atoms with Gasteiger partial charge in [0.15, 0.2) is 11.6 Å². The Morgan fingerprint density at radius 1 is 1.19 bits per heavy atom. The maximum atomic E-state index is 13.6. The first-order chi connectivity index (χ1) is 12.5. The summed E-state index contributed by atoms with van der Waals surface area (Å²) in [5.41, 5.74) is 1.49. The zero-order valence-corrected chi connectivity index (χ0v) is 14.3. The standard InChI is InChI=1S/C18H20FN3O4/c1-26-17-8-2-13(12-16(17)19)3-9-18(23)21-11-10-20-14-4-6-15(7-5-14)22(24)25/h2,4-8,12,20H,3,9-11H2,1H3,(H,21,23). The fraction of sp³-hybridized carbons (Fsp3) is 0.278. The molecule has 2 rings (SSSR count). The van der Waals surface area contributed by atoms with Crippen molar-refractivity contribution in [1.82, 2.24) is 5.32 Å². The first-order valence-electron chi connectivity index (χ1n) is 8.07. The number of nitro groups is 1. The average Bonchev–Trinajstić information content (AvgIpc) is 2.64. The number of benzene rings is 2. The molecule has 0 saturated heterocycles. The number of nitrogens with zero attached hydrogens (tertiary/aromatic N) is 1. The maximum absolute atomic E-state index is 13.6. The van der Waals surface area contributed by atoms with Crippen LogP contribution in [0.2, 0.25) is 0 Å². The summed E-state index contributed by atoms with van der Waals surface area (Å²) >= 11 is 0. The number of rotatable bonds is 9. The highest BCUT2D eigenvalue weighted by Gasteiger charge is 2.06. The van der Waals surface area contributed by atoms with E-state index in [1.165, 1.54) is 31.4 Å². The Morgan fingerprint density at radius 2 is 1.92 bits per heavy atom. The molecule has 7 nitrogen and oxygen atoms in total. The number of non-ortho nitro benzene ring substituents is 1. The Labute approximate surface area is 150 Å². The van der Waals surface area contributed by atoms with Gasteiger partial charge >= 0.3 is 0 Å². The topological polar surface area (TPSA) is 93.5 Å². The number of carbonyl (C=O) groups excluding carboxylic acids is 1. The lowest BCUT2D eigenvalue weighted by atomic mass is 10.1. The van der Waals surface area contributed by atoms with Crippen LogP contribution in [0.25, 0.3) is 0 Å². The minimum Gasteiger partial charge on any atom is -0.494 e. The van der Waals surface area contributed by atoms with E-state index in [0.717, 1.165) is 11.3 Å². The van der Waals surface area contributed by atoms with Crippen molar-refractivity contribution in [1.29, 1.82) is 0 Å². The molecule has 138 valence electrons. The summed E-state index contributed by atoms with van der Waals surface area (Å²) in [5, 5.41) is 16.4. The molecule has 0 aliphatic carbocycles. The lowest BCUT2D eigenvalue weighted by molar-refractivity contribution is -0.384. The lowest BCUT2D eigenvalue weighted by Crippen LogP contribution is -2.28. The molecule has 0 aliphatic rings. The summed E-state index contributed by atoms with van der Waals surface area (Å²) in [6.07, 6.45) is 0.686. The predicted octanol–water partition coefficient (Wildman–Crippen LogP) is 2.90. The van der Waals surface area contributed by atoms with Crippen LogP contribution in [0.15, 0.2) is 42.5 Å². The molecule has 8 heteroatoms. The quantitative estimate of drug-likeness (QED) is 0.407. The van der Waals surface area contributed by atoms with E-state index in [2.05, 4.69) is 10.6 Å². The highest BCUT2D eigenvalue weighted by Crippen LogP contribution is 2.18. The summed E-state index contributed by atoms with van der Waals surface area (Å²) < 4.78 is 18.4. The van der Waals surface area contributed by atoms with Crippen LogP contribution >= 0.6 is 0 Å². The summed E-state index contributed by atoms with van der Waals surface area (Å²) in [5.74, 6) is -0.403. The molecule has 0 aromatic heterocycles. The summed E-state index contributed by atoms with van der Waals surface area (Å²) in [6.45, 7) is 0.896. The van der Waals surface area contributed by atoms with E-state index in [-0.39, 0.29) is 23.8 Å². The number of nitrogens with one attached hydrogen (secondary N) is 2. The number of aryl methyl sites for hydroxylation is 1. The second kappa shape index (κ2) is 9.36. The first-order valence-corrected chi connectivity index (χ1v) is 8.07. The third-order valence-corrected chi connectivity index (χ3v) is 3.71. The number of methoxy groups -OCH3 is 1. The van der Waals surface area contributed by atoms with Gasteiger partial charge in [-0.25, -0.2) is 4.39 Å². The molecule has 0 unspecified atom stereocenters. The molecule has 0 aliphatic heterocycles. The lowest BCUT2D eigenvalue weighted by Gasteiger charge is -2.08. The van der Waals surface area contributed by atoms with Crippen molar-refractivity contribution in [2.75, 3.05) is 25.5 Å². The van der Waals surface area contributed by atoms with Gasteiger partial charge in [0, 0.05) is 37.3 Å². The van der Waals surface area contributed by atoms with Crippen molar-refractivity contribution in [3.8, 4) is 5.75 Å². The molecule has 2 aromatic carbocycles. The number of nitro benzene ring substituents is 1. The van der Waals surface area contributed by atoms with Gasteiger partial charge in [0.25, 0.3) is 5.69 Å². The minimum atomic E-state index is -0.460. The largest absolute Gasteiger partial charge is 0.494 e. The molecule has 1 amide bonds. The molecule has 0 radical (unpaired) electrons. The predicted molar refractivity (Wildman–Crippen MR) is 95.9 cm³/mol. The van der Waals surface area contributed by atoms with Crippen LogP contribution in [-0.2, 0) is 11.2 Å². The molecular formula is C18H20FN3O4. The van der Waals surface area contributed by atoms with Crippen molar-refractivity contribution in [3.05, 3.63) is 64.0 Å². The molecule has 26 heavy (non-hydrogen) atoms. The summed E-state index contributed by atoms with van der Waals surface area (Å²) in [7, 11) is 1.40. The molecular weight excluding hydrogens is 341 g/mol. The van der Waals surface area contributed by atoms with Crippen molar-refractivity contribution in [2.45, 2.75) is 12.8 Å². The minimum absolute atomic E-state index is 0.0267. The van der Waals surface area contributed by atoms with Gasteiger partial charge in [-0.05, 0) is 36.2 Å². The van der Waals surface area contributed by atoms with Crippen LogP contribution in [0, 0.1) is 15.9 Å². The van der Waals surface area contributed by atoms with Gasteiger partial charge in [-0.3, -0.25) is 14.9 Å². The average molecular weight is 361 g/mol. The van der Waals surface area contributed by atoms with Crippen LogP contribution in [0.3, 0.4) is 0 Å². The van der Waals surface area contributed by atoms with Crippen molar-refractivity contribution in [2.24, 2.45) is 0 Å². The van der Waals surface area contributed by atoms with Crippen molar-refractivity contribution in [3.63, 3.8) is 0 Å². The van der Waals surface area contributed by atoms with Crippen molar-refractivity contribution >= 4 is 17.3 Å². The van der Waals surface area contributed by atoms with E-state index in [0.29, 0.717) is 19.5 Å². The molecule has 0 atom stereocenters. The van der Waals surface area contributed by atoms with Gasteiger partial charge < -0.3 is 15.4 Å². The number of amides is 1.